The van der Waals surface area contributed by atoms with Crippen LogP contribution in [-0.4, -0.2) is 13.1 Å². The van der Waals surface area contributed by atoms with Gasteiger partial charge in [0.15, 0.2) is 0 Å². The maximum Gasteiger partial charge on any atom is 2.00 e. The van der Waals surface area contributed by atoms with E-state index in [2.05, 4.69) is 46.9 Å². The average Bonchev–Trinajstić information content (AvgIpc) is 2.53. The third-order valence-corrected chi connectivity index (χ3v) is 3.47. The predicted octanol–water partition coefficient (Wildman–Crippen LogP) is 4.05. The summed E-state index contributed by atoms with van der Waals surface area (Å²) in [5.74, 6) is 2.37. The second-order valence-corrected chi connectivity index (χ2v) is 6.37. The Bertz CT molecular complexity index is 192. The van der Waals surface area contributed by atoms with Crippen LogP contribution in [0.4, 0.5) is 0 Å². The number of fused-ring (bicyclic) bond motifs is 1. The van der Waals surface area contributed by atoms with Crippen molar-refractivity contribution >= 4 is 0 Å². The molecule has 1 nitrogen and oxygen atoms in total. The van der Waals surface area contributed by atoms with Crippen molar-refractivity contribution < 1.29 is 31.1 Å². The summed E-state index contributed by atoms with van der Waals surface area (Å²) in [5.41, 5.74) is 1.13. The summed E-state index contributed by atoms with van der Waals surface area (Å²) in [5, 5.41) is 4.45. The van der Waals surface area contributed by atoms with Crippen LogP contribution in [0.2, 0.25) is 0 Å². The smallest absolute Gasteiger partial charge is 0.662 e. The molecule has 0 radical (unpaired) electrons. The van der Waals surface area contributed by atoms with Gasteiger partial charge in [0.05, 0.1) is 0 Å². The molecule has 1 saturated heterocycles. The predicted molar refractivity (Wildman–Crippen MR) is 63.4 cm³/mol. The molecule has 1 aliphatic heterocycles. The van der Waals surface area contributed by atoms with E-state index in [9.17, 15) is 0 Å². The summed E-state index contributed by atoms with van der Waals surface area (Å²) in [6.07, 6.45) is 1.44. The van der Waals surface area contributed by atoms with Crippen LogP contribution in [-0.2, 0) is 0 Å². The van der Waals surface area contributed by atoms with E-state index in [0.29, 0.717) is 10.8 Å². The van der Waals surface area contributed by atoms with E-state index in [1.165, 1.54) is 12.3 Å². The van der Waals surface area contributed by atoms with Gasteiger partial charge in [-0.15, -0.1) is 13.1 Å². The molecule has 2 aliphatic rings. The van der Waals surface area contributed by atoms with Crippen LogP contribution in [0.3, 0.4) is 0 Å². The first-order chi connectivity index (χ1) is 6.29. The fraction of sp³-hybridized carbons (Fsp3) is 0.923. The van der Waals surface area contributed by atoms with Crippen LogP contribution in [0, 0.1) is 53.8 Å². The number of nitrogens with zero attached hydrogens (tertiary/aromatic N) is 1. The van der Waals surface area contributed by atoms with Gasteiger partial charge in [-0.3, -0.25) is 0 Å². The molecule has 0 amide bonds. The Morgan fingerprint density at radius 1 is 1.20 bits per heavy atom. The van der Waals surface area contributed by atoms with Gasteiger partial charge >= 0.3 is 31.1 Å². The third kappa shape index (κ3) is 3.76. The van der Waals surface area contributed by atoms with Gasteiger partial charge in [0.1, 0.15) is 0 Å². The quantitative estimate of drug-likeness (QED) is 0.512. The van der Waals surface area contributed by atoms with E-state index in [0.717, 1.165) is 19.0 Å². The van der Waals surface area contributed by atoms with Gasteiger partial charge in [0.25, 0.3) is 0 Å². The molecule has 0 aromatic rings. The van der Waals surface area contributed by atoms with Crippen molar-refractivity contribution in [2.24, 2.45) is 16.7 Å². The van der Waals surface area contributed by atoms with Crippen molar-refractivity contribution in [1.29, 1.82) is 0 Å². The van der Waals surface area contributed by atoms with Crippen molar-refractivity contribution in [1.82, 2.24) is 0 Å². The molecule has 0 bridgehead atoms. The molecule has 0 aromatic carbocycles. The standard InChI is InChI=1S/C9H16N.C4H9.U/c1-8(2,3)9-4-7(9)5-10-6-9;1-4(2)3;/h7H,4-6H2,1-3H3;1-3H3;/q2*-1;+2. The van der Waals surface area contributed by atoms with Gasteiger partial charge in [-0.2, -0.15) is 20.8 Å². The zero-order valence-corrected chi connectivity index (χ0v) is 15.3. The molecule has 1 aliphatic carbocycles. The summed E-state index contributed by atoms with van der Waals surface area (Å²) < 4.78 is 0. The minimum atomic E-state index is 0. The Morgan fingerprint density at radius 2 is 1.67 bits per heavy atom. The summed E-state index contributed by atoms with van der Waals surface area (Å²) in [6, 6.07) is 0. The van der Waals surface area contributed by atoms with Crippen LogP contribution in [0.25, 0.3) is 5.32 Å². The fourth-order valence-corrected chi connectivity index (χ4v) is 2.39. The average molecular weight is 433 g/mol. The minimum absolute atomic E-state index is 0. The van der Waals surface area contributed by atoms with Gasteiger partial charge in [0, 0.05) is 0 Å². The molecule has 0 N–H and O–H groups in total. The molecular weight excluding hydrogens is 408 g/mol. The van der Waals surface area contributed by atoms with Gasteiger partial charge in [-0.25, -0.2) is 0 Å². The summed E-state index contributed by atoms with van der Waals surface area (Å²) in [7, 11) is 0. The number of hydrogen-bond donors (Lipinski definition) is 0. The molecule has 2 rings (SSSR count). The van der Waals surface area contributed by atoms with Crippen LogP contribution < -0.4 is 0 Å². The van der Waals surface area contributed by atoms with E-state index in [4.69, 9.17) is 0 Å². The summed E-state index contributed by atoms with van der Waals surface area (Å²) in [4.78, 5) is 0. The Labute approximate surface area is 120 Å². The number of rotatable bonds is 0. The minimum Gasteiger partial charge on any atom is -0.662 e. The first-order valence-electron chi connectivity index (χ1n) is 5.69. The van der Waals surface area contributed by atoms with Gasteiger partial charge in [-0.05, 0) is 17.3 Å². The molecule has 0 aromatic heterocycles. The van der Waals surface area contributed by atoms with Crippen molar-refractivity contribution in [2.45, 2.75) is 48.0 Å². The molecule has 1 saturated carbocycles. The molecule has 1 heterocycles. The monoisotopic (exact) mass is 433 g/mol. The van der Waals surface area contributed by atoms with E-state index in [-0.39, 0.29) is 31.1 Å². The largest absolute Gasteiger partial charge is 2.00 e. The SMILES string of the molecule is CC(C)(C)C12C[N-]CC1C2.C[C-](C)C.[U+2]. The van der Waals surface area contributed by atoms with Gasteiger partial charge in [0.2, 0.25) is 0 Å². The van der Waals surface area contributed by atoms with Crippen molar-refractivity contribution in [3.63, 3.8) is 0 Å². The normalized spacial score (nSPS) is 32.6. The third-order valence-electron chi connectivity index (χ3n) is 3.47. The van der Waals surface area contributed by atoms with Crippen molar-refractivity contribution in [3.05, 3.63) is 11.2 Å². The zero-order chi connectivity index (χ0) is 11.0. The van der Waals surface area contributed by atoms with E-state index in [1.54, 1.807) is 0 Å². The van der Waals surface area contributed by atoms with Crippen molar-refractivity contribution in [3.8, 4) is 0 Å². The summed E-state index contributed by atoms with van der Waals surface area (Å²) in [6.45, 7) is 15.6. The van der Waals surface area contributed by atoms with Gasteiger partial charge in [-0.1, -0.05) is 26.7 Å². The topological polar surface area (TPSA) is 14.1 Å². The molecule has 86 valence electrons. The van der Waals surface area contributed by atoms with E-state index in [1.807, 2.05) is 0 Å². The second kappa shape index (κ2) is 5.57. The van der Waals surface area contributed by atoms with E-state index >= 15 is 0 Å². The first kappa shape index (κ1) is 16.0. The molecular formula is C13H25NU. The Kier molecular flexibility index (Phi) is 5.94. The van der Waals surface area contributed by atoms with Crippen LogP contribution >= 0.6 is 0 Å². The number of piperidine rings is 1. The maximum atomic E-state index is 4.45. The maximum absolute atomic E-state index is 4.45. The van der Waals surface area contributed by atoms with E-state index < -0.39 is 0 Å². The first-order valence-corrected chi connectivity index (χ1v) is 5.69. The fourth-order valence-electron chi connectivity index (χ4n) is 2.39. The molecule has 2 unspecified atom stereocenters. The second-order valence-electron chi connectivity index (χ2n) is 6.37. The Hall–Kier alpha value is 1.01. The number of hydrogen-bond acceptors (Lipinski definition) is 0. The Morgan fingerprint density at radius 3 is 1.80 bits per heavy atom. The molecule has 2 heteroatoms. The molecule has 2 fully saturated rings. The van der Waals surface area contributed by atoms with Crippen LogP contribution in [0.15, 0.2) is 0 Å². The van der Waals surface area contributed by atoms with Crippen LogP contribution in [0.1, 0.15) is 48.0 Å². The summed E-state index contributed by atoms with van der Waals surface area (Å²) >= 11 is 0. The van der Waals surface area contributed by atoms with Crippen molar-refractivity contribution in [2.75, 3.05) is 13.1 Å². The Balaban J connectivity index is 0.000000346. The van der Waals surface area contributed by atoms with Gasteiger partial charge < -0.3 is 11.2 Å². The molecule has 15 heavy (non-hydrogen) atoms. The van der Waals surface area contributed by atoms with Crippen LogP contribution in [0.5, 0.6) is 0 Å². The molecule has 2 atom stereocenters. The molecule has 0 spiro atoms. The zero-order valence-electron chi connectivity index (χ0n) is 11.1.